The van der Waals surface area contributed by atoms with Crippen LogP contribution in [0.15, 0.2) is 11.6 Å². The third-order valence-electron chi connectivity index (χ3n) is 16.4. The Hall–Kier alpha value is -1.70. The highest BCUT2D eigenvalue weighted by Crippen LogP contribution is 2.64. The quantitative estimate of drug-likeness (QED) is 0.0360. The number of ether oxygens (including phenoxy) is 2. The standard InChI is InChI=1S/C54H94O7S/c1-5-7-9-11-13-15-17-19-21-23-25-27-29-31-51(56)60-42-45(61-52(57)32-30-28-26-24-22-20-18-16-14-12-10-8-6-2)43-62(58,59)46-37-39-53(3)44(41-46)33-34-47-48-35-36-50(55)54(48,4)40-38-49(47)53/h33,45-49H,5-32,34-43H2,1-4H3/t45-,46-,47-,48-,49-,53-,54-/m0/s1. The number of Topliss-reactive ketones (excluding diaryl/α,β-unsaturated/α-hetero) is 1. The molecule has 7 nitrogen and oxygen atoms in total. The largest absolute Gasteiger partial charge is 0.462 e. The van der Waals surface area contributed by atoms with Gasteiger partial charge in [-0.05, 0) is 81.0 Å². The van der Waals surface area contributed by atoms with Crippen molar-refractivity contribution in [3.63, 3.8) is 0 Å². The number of hydrogen-bond acceptors (Lipinski definition) is 7. The van der Waals surface area contributed by atoms with Crippen LogP contribution in [0.2, 0.25) is 0 Å². The van der Waals surface area contributed by atoms with Gasteiger partial charge in [0.05, 0.1) is 11.0 Å². The number of esters is 2. The van der Waals surface area contributed by atoms with Gasteiger partial charge in [-0.3, -0.25) is 14.4 Å². The summed E-state index contributed by atoms with van der Waals surface area (Å²) in [6.07, 6.45) is 40.3. The maximum atomic E-state index is 14.2. The molecule has 0 aromatic heterocycles. The molecule has 62 heavy (non-hydrogen) atoms. The van der Waals surface area contributed by atoms with Crippen molar-refractivity contribution in [2.24, 2.45) is 28.6 Å². The molecule has 4 aliphatic rings. The van der Waals surface area contributed by atoms with Gasteiger partial charge in [0, 0.05) is 24.7 Å². The second-order valence-electron chi connectivity index (χ2n) is 21.2. The molecule has 3 saturated carbocycles. The summed E-state index contributed by atoms with van der Waals surface area (Å²) in [7, 11) is -3.66. The smallest absolute Gasteiger partial charge is 0.306 e. The van der Waals surface area contributed by atoms with Crippen LogP contribution in [0.1, 0.15) is 259 Å². The van der Waals surface area contributed by atoms with E-state index in [1.165, 1.54) is 134 Å². The van der Waals surface area contributed by atoms with Gasteiger partial charge in [-0.15, -0.1) is 0 Å². The maximum absolute atomic E-state index is 14.2. The van der Waals surface area contributed by atoms with Crippen molar-refractivity contribution in [2.45, 2.75) is 270 Å². The first kappa shape index (κ1) is 52.9. The molecule has 358 valence electrons. The van der Waals surface area contributed by atoms with Gasteiger partial charge in [-0.1, -0.05) is 193 Å². The lowest BCUT2D eigenvalue weighted by Gasteiger charge is -2.57. The molecule has 0 radical (unpaired) electrons. The third kappa shape index (κ3) is 16.9. The fourth-order valence-electron chi connectivity index (χ4n) is 12.3. The minimum absolute atomic E-state index is 0.0370. The third-order valence-corrected chi connectivity index (χ3v) is 18.6. The van der Waals surface area contributed by atoms with Gasteiger partial charge < -0.3 is 9.47 Å². The number of carbonyl (C=O) groups is 3. The van der Waals surface area contributed by atoms with E-state index >= 15 is 0 Å². The highest BCUT2D eigenvalue weighted by Gasteiger charge is 2.59. The minimum Gasteiger partial charge on any atom is -0.462 e. The fraction of sp³-hybridized carbons (Fsp3) is 0.907. The van der Waals surface area contributed by atoms with E-state index in [0.717, 1.165) is 70.6 Å². The zero-order valence-electron chi connectivity index (χ0n) is 40.6. The van der Waals surface area contributed by atoms with E-state index < -0.39 is 27.2 Å². The van der Waals surface area contributed by atoms with Crippen LogP contribution in [0.4, 0.5) is 0 Å². The van der Waals surface area contributed by atoms with Crippen LogP contribution in [0.25, 0.3) is 0 Å². The number of ketones is 1. The number of fused-ring (bicyclic) bond motifs is 5. The summed E-state index contributed by atoms with van der Waals surface area (Å²) in [6, 6.07) is 0. The molecule has 7 atom stereocenters. The molecule has 0 aromatic carbocycles. The summed E-state index contributed by atoms with van der Waals surface area (Å²) < 4.78 is 40.0. The number of allylic oxidation sites excluding steroid dienone is 2. The van der Waals surface area contributed by atoms with Crippen LogP contribution in [0.5, 0.6) is 0 Å². The Kier molecular flexibility index (Phi) is 24.2. The Morgan fingerprint density at radius 3 is 1.60 bits per heavy atom. The van der Waals surface area contributed by atoms with Gasteiger partial charge in [-0.2, -0.15) is 0 Å². The van der Waals surface area contributed by atoms with Crippen molar-refractivity contribution in [3.8, 4) is 0 Å². The Labute approximate surface area is 381 Å². The highest BCUT2D eigenvalue weighted by molar-refractivity contribution is 7.92. The van der Waals surface area contributed by atoms with Gasteiger partial charge in [0.25, 0.3) is 0 Å². The van der Waals surface area contributed by atoms with E-state index in [4.69, 9.17) is 9.47 Å². The van der Waals surface area contributed by atoms with Crippen LogP contribution < -0.4 is 0 Å². The number of sulfone groups is 1. The molecule has 4 rings (SSSR count). The van der Waals surface area contributed by atoms with Gasteiger partial charge >= 0.3 is 11.9 Å². The lowest BCUT2D eigenvalue weighted by atomic mass is 9.48. The Morgan fingerprint density at radius 1 is 0.629 bits per heavy atom. The Balaban J connectivity index is 1.22. The van der Waals surface area contributed by atoms with Gasteiger partial charge in [0.2, 0.25) is 0 Å². The Morgan fingerprint density at radius 2 is 1.08 bits per heavy atom. The first-order valence-electron chi connectivity index (χ1n) is 26.7. The van der Waals surface area contributed by atoms with Crippen LogP contribution in [0, 0.1) is 28.6 Å². The van der Waals surface area contributed by atoms with Gasteiger partial charge in [0.15, 0.2) is 9.84 Å². The molecule has 4 aliphatic carbocycles. The molecule has 0 aromatic rings. The number of carbonyl (C=O) groups excluding carboxylic acids is 3. The normalized spacial score (nSPS) is 26.3. The summed E-state index contributed by atoms with van der Waals surface area (Å²) >= 11 is 0. The molecule has 8 heteroatoms. The van der Waals surface area contributed by atoms with Crippen molar-refractivity contribution in [1.29, 1.82) is 0 Å². The highest BCUT2D eigenvalue weighted by atomic mass is 32.2. The van der Waals surface area contributed by atoms with Gasteiger partial charge in [-0.25, -0.2) is 8.42 Å². The SMILES string of the molecule is CCCCCCCCCCCCCCCC(=O)OC[C@@H](CS(=O)(=O)[C@H]1CC[C@@]2(C)C(=CC[C@@H]3[C@@H]2CC[C@]2(C)C(=O)CC[C@@H]32)C1)OC(=O)CCCCCCCCCCCCCCC. The number of rotatable bonds is 34. The average molecular weight is 887 g/mol. The summed E-state index contributed by atoms with van der Waals surface area (Å²) in [4.78, 5) is 39.0. The van der Waals surface area contributed by atoms with Crippen LogP contribution >= 0.6 is 0 Å². The van der Waals surface area contributed by atoms with Crippen LogP contribution in [-0.4, -0.2) is 49.9 Å². The molecule has 3 fully saturated rings. The van der Waals surface area contributed by atoms with E-state index in [1.54, 1.807) is 0 Å². The Bertz CT molecular complexity index is 1450. The predicted molar refractivity (Wildman–Crippen MR) is 256 cm³/mol. The molecule has 0 N–H and O–H groups in total. The predicted octanol–water partition coefficient (Wildman–Crippen LogP) is 14.7. The monoisotopic (exact) mass is 887 g/mol. The summed E-state index contributed by atoms with van der Waals surface area (Å²) in [5.41, 5.74) is 1.05. The molecular weight excluding hydrogens is 793 g/mol. The maximum Gasteiger partial charge on any atom is 0.306 e. The fourth-order valence-corrected chi connectivity index (χ4v) is 14.2. The van der Waals surface area contributed by atoms with Crippen LogP contribution in [0.3, 0.4) is 0 Å². The second kappa shape index (κ2) is 28.4. The van der Waals surface area contributed by atoms with Crippen molar-refractivity contribution in [1.82, 2.24) is 0 Å². The first-order chi connectivity index (χ1) is 29.9. The van der Waals surface area contributed by atoms with E-state index in [0.29, 0.717) is 49.2 Å². The molecule has 0 aliphatic heterocycles. The first-order valence-corrected chi connectivity index (χ1v) is 28.5. The van der Waals surface area contributed by atoms with Crippen LogP contribution in [-0.2, 0) is 33.7 Å². The van der Waals surface area contributed by atoms with Crippen molar-refractivity contribution in [3.05, 3.63) is 11.6 Å². The lowest BCUT2D eigenvalue weighted by Crippen LogP contribution is -2.51. The summed E-state index contributed by atoms with van der Waals surface area (Å²) in [5.74, 6) is 0.817. The van der Waals surface area contributed by atoms with E-state index in [9.17, 15) is 22.8 Å². The lowest BCUT2D eigenvalue weighted by molar-refractivity contribution is -0.157. The van der Waals surface area contributed by atoms with Crippen molar-refractivity contribution >= 4 is 27.6 Å². The molecule has 0 saturated heterocycles. The topological polar surface area (TPSA) is 104 Å². The van der Waals surface area contributed by atoms with Crippen molar-refractivity contribution in [2.75, 3.05) is 12.4 Å². The summed E-state index contributed by atoms with van der Waals surface area (Å²) in [5, 5.41) is -0.538. The van der Waals surface area contributed by atoms with E-state index in [1.807, 2.05) is 0 Å². The summed E-state index contributed by atoms with van der Waals surface area (Å²) in [6.45, 7) is 8.87. The molecular formula is C54H94O7S. The zero-order chi connectivity index (χ0) is 44.7. The molecule has 0 heterocycles. The average Bonchev–Trinajstić information content (AvgIpc) is 3.56. The zero-order valence-corrected chi connectivity index (χ0v) is 41.4. The van der Waals surface area contributed by atoms with E-state index in [-0.39, 0.29) is 35.6 Å². The molecule has 0 amide bonds. The number of hydrogen-bond donors (Lipinski definition) is 0. The van der Waals surface area contributed by atoms with Gasteiger partial charge in [0.1, 0.15) is 18.5 Å². The minimum atomic E-state index is -3.66. The van der Waals surface area contributed by atoms with Crippen molar-refractivity contribution < 1.29 is 32.3 Å². The van der Waals surface area contributed by atoms with E-state index in [2.05, 4.69) is 33.8 Å². The molecule has 0 bridgehead atoms. The molecule has 0 spiro atoms. The second-order valence-corrected chi connectivity index (χ2v) is 23.5. The number of unbranched alkanes of at least 4 members (excludes halogenated alkanes) is 24. The molecule has 0 unspecified atom stereocenters.